The van der Waals surface area contributed by atoms with Crippen molar-refractivity contribution < 1.29 is 35.5 Å². The normalized spacial score (nSPS) is 13.2. The summed E-state index contributed by atoms with van der Waals surface area (Å²) in [5.41, 5.74) is 0. The predicted molar refractivity (Wildman–Crippen MR) is 35.9 cm³/mol. The van der Waals surface area contributed by atoms with Crippen molar-refractivity contribution in [3.8, 4) is 0 Å². The van der Waals surface area contributed by atoms with Crippen molar-refractivity contribution in [2.24, 2.45) is 0 Å². The summed E-state index contributed by atoms with van der Waals surface area (Å²) in [7, 11) is 0. The lowest BCUT2D eigenvalue weighted by Crippen LogP contribution is -2.39. The van der Waals surface area contributed by atoms with Crippen molar-refractivity contribution in [2.45, 2.75) is 12.2 Å². The number of carboxylic acids is 2. The zero-order chi connectivity index (χ0) is 8.31. The number of aliphatic hydroxyl groups excluding tert-OH is 2. The molecule has 74 valence electrons. The van der Waals surface area contributed by atoms with Crippen molar-refractivity contribution in [1.29, 1.82) is 0 Å². The Labute approximate surface area is 67.0 Å². The zero-order valence-electron chi connectivity index (χ0n) is 5.97. The van der Waals surface area contributed by atoms with Gasteiger partial charge in [-0.2, -0.15) is 0 Å². The van der Waals surface area contributed by atoms with Crippen molar-refractivity contribution in [3.05, 3.63) is 0 Å². The standard InChI is InChI=1S/C4H6O6.H3N.H2O/c5-1(3(7)8)2(6)4(9)10;;/h1-2,5-6H,(H,7,8)(H,9,10);1H3;1H2. The third-order valence-electron chi connectivity index (χ3n) is 0.805. The fraction of sp³-hybridized carbons (Fsp3) is 0.500. The summed E-state index contributed by atoms with van der Waals surface area (Å²) in [4.78, 5) is 19.5. The molecule has 0 rings (SSSR count). The third-order valence-corrected chi connectivity index (χ3v) is 0.805. The molecule has 0 heterocycles. The second-order valence-corrected chi connectivity index (χ2v) is 1.57. The van der Waals surface area contributed by atoms with Gasteiger partial charge in [-0.1, -0.05) is 0 Å². The maximum Gasteiger partial charge on any atom is 0.335 e. The molecule has 8 nitrogen and oxygen atoms in total. The molecule has 0 aliphatic rings. The van der Waals surface area contributed by atoms with E-state index < -0.39 is 24.1 Å². The van der Waals surface area contributed by atoms with E-state index in [4.69, 9.17) is 20.4 Å². The Hall–Kier alpha value is -1.22. The van der Waals surface area contributed by atoms with E-state index in [0.717, 1.165) is 0 Å². The molecule has 0 spiro atoms. The van der Waals surface area contributed by atoms with Gasteiger partial charge in [-0.05, 0) is 0 Å². The fourth-order valence-electron chi connectivity index (χ4n) is 0.270. The largest absolute Gasteiger partial charge is 0.479 e. The first-order valence-electron chi connectivity index (χ1n) is 2.28. The summed E-state index contributed by atoms with van der Waals surface area (Å²) in [6.07, 6.45) is -4.53. The van der Waals surface area contributed by atoms with E-state index in [0.29, 0.717) is 0 Å². The summed E-state index contributed by atoms with van der Waals surface area (Å²) in [6, 6.07) is 0. The molecule has 9 N–H and O–H groups in total. The highest BCUT2D eigenvalue weighted by atomic mass is 16.4. The summed E-state index contributed by atoms with van der Waals surface area (Å²) in [5.74, 6) is -3.54. The Morgan fingerprint density at radius 3 is 1.17 bits per heavy atom. The highest BCUT2D eigenvalue weighted by molar-refractivity contribution is 5.82. The molecular weight excluding hydrogens is 174 g/mol. The summed E-state index contributed by atoms with van der Waals surface area (Å²) in [6.45, 7) is 0. The second kappa shape index (κ2) is 6.49. The maximum absolute atomic E-state index is 9.77. The average molecular weight is 185 g/mol. The van der Waals surface area contributed by atoms with Gasteiger partial charge >= 0.3 is 11.9 Å². The topological polar surface area (TPSA) is 182 Å². The number of rotatable bonds is 3. The molecule has 2 atom stereocenters. The van der Waals surface area contributed by atoms with E-state index in [9.17, 15) is 9.59 Å². The molecule has 0 saturated carbocycles. The Balaban J connectivity index is -0.000000405. The van der Waals surface area contributed by atoms with Crippen LogP contribution in [0.4, 0.5) is 0 Å². The zero-order valence-corrected chi connectivity index (χ0v) is 5.97. The SMILES string of the molecule is N.O.O=C(O)C(O)C(O)C(=O)O. The van der Waals surface area contributed by atoms with Crippen LogP contribution in [-0.2, 0) is 9.59 Å². The second-order valence-electron chi connectivity index (χ2n) is 1.57. The summed E-state index contributed by atoms with van der Waals surface area (Å²) in [5, 5.41) is 32.5. The molecule has 0 aromatic carbocycles. The first-order chi connectivity index (χ1) is 4.46. The van der Waals surface area contributed by atoms with E-state index in [1.807, 2.05) is 0 Å². The summed E-state index contributed by atoms with van der Waals surface area (Å²) < 4.78 is 0. The molecule has 0 aromatic rings. The molecule has 0 radical (unpaired) electrons. The molecule has 0 amide bonds. The van der Waals surface area contributed by atoms with E-state index in [2.05, 4.69) is 0 Å². The van der Waals surface area contributed by atoms with Crippen LogP contribution < -0.4 is 6.15 Å². The number of carbonyl (C=O) groups is 2. The predicted octanol–water partition coefficient (Wildman–Crippen LogP) is -2.79. The van der Waals surface area contributed by atoms with Gasteiger partial charge in [-0.25, -0.2) is 9.59 Å². The molecule has 8 heteroatoms. The van der Waals surface area contributed by atoms with Crippen LogP contribution in [0.5, 0.6) is 0 Å². The molecule has 0 aliphatic heterocycles. The van der Waals surface area contributed by atoms with Crippen LogP contribution in [0.15, 0.2) is 0 Å². The summed E-state index contributed by atoms with van der Waals surface area (Å²) >= 11 is 0. The lowest BCUT2D eigenvalue weighted by atomic mass is 10.2. The van der Waals surface area contributed by atoms with Gasteiger partial charge in [0.25, 0.3) is 0 Å². The number of hydrogen-bond donors (Lipinski definition) is 5. The van der Waals surface area contributed by atoms with Crippen molar-refractivity contribution >= 4 is 11.9 Å². The smallest absolute Gasteiger partial charge is 0.335 e. The molecule has 0 aromatic heterocycles. The highest BCUT2D eigenvalue weighted by Gasteiger charge is 2.29. The van der Waals surface area contributed by atoms with Gasteiger partial charge in [0.15, 0.2) is 12.2 Å². The van der Waals surface area contributed by atoms with Gasteiger partial charge in [-0.3, -0.25) is 0 Å². The van der Waals surface area contributed by atoms with Crippen LogP contribution in [0.1, 0.15) is 0 Å². The average Bonchev–Trinajstić information content (AvgIpc) is 1.84. The molecule has 0 saturated heterocycles. The van der Waals surface area contributed by atoms with Gasteiger partial charge in [0.2, 0.25) is 0 Å². The Morgan fingerprint density at radius 1 is 0.917 bits per heavy atom. The number of hydrogen-bond acceptors (Lipinski definition) is 5. The highest BCUT2D eigenvalue weighted by Crippen LogP contribution is 1.92. The fourth-order valence-corrected chi connectivity index (χ4v) is 0.270. The Morgan fingerprint density at radius 2 is 1.08 bits per heavy atom. The van der Waals surface area contributed by atoms with Gasteiger partial charge in [0.1, 0.15) is 0 Å². The first kappa shape index (κ1) is 17.0. The minimum absolute atomic E-state index is 0. The van der Waals surface area contributed by atoms with E-state index >= 15 is 0 Å². The van der Waals surface area contributed by atoms with Gasteiger partial charge < -0.3 is 32.1 Å². The number of aliphatic carboxylic acids is 2. The lowest BCUT2D eigenvalue weighted by Gasteiger charge is -2.07. The van der Waals surface area contributed by atoms with E-state index in [1.165, 1.54) is 0 Å². The minimum Gasteiger partial charge on any atom is -0.479 e. The minimum atomic E-state index is -2.27. The Kier molecular flexibility index (Phi) is 9.21. The van der Waals surface area contributed by atoms with Crippen molar-refractivity contribution in [3.63, 3.8) is 0 Å². The van der Waals surface area contributed by atoms with Crippen LogP contribution >= 0.6 is 0 Å². The van der Waals surface area contributed by atoms with Crippen LogP contribution in [0.2, 0.25) is 0 Å². The van der Waals surface area contributed by atoms with Crippen LogP contribution in [0.3, 0.4) is 0 Å². The molecule has 12 heavy (non-hydrogen) atoms. The van der Waals surface area contributed by atoms with E-state index in [-0.39, 0.29) is 11.6 Å². The maximum atomic E-state index is 9.77. The molecule has 0 bridgehead atoms. The van der Waals surface area contributed by atoms with E-state index in [1.54, 1.807) is 0 Å². The van der Waals surface area contributed by atoms with Gasteiger partial charge in [-0.15, -0.1) is 0 Å². The molecule has 2 unspecified atom stereocenters. The van der Waals surface area contributed by atoms with Crippen molar-refractivity contribution in [1.82, 2.24) is 6.15 Å². The van der Waals surface area contributed by atoms with Gasteiger partial charge in [0, 0.05) is 0 Å². The molecular formula is C4H11NO7. The Bertz CT molecular complexity index is 139. The van der Waals surface area contributed by atoms with Crippen LogP contribution in [0, 0.1) is 0 Å². The molecule has 0 fully saturated rings. The number of carboxylic acid groups (broad SMARTS) is 2. The van der Waals surface area contributed by atoms with Gasteiger partial charge in [0.05, 0.1) is 0 Å². The third kappa shape index (κ3) is 4.57. The molecule has 0 aliphatic carbocycles. The first-order valence-corrected chi connectivity index (χ1v) is 2.28. The van der Waals surface area contributed by atoms with Crippen LogP contribution in [0.25, 0.3) is 0 Å². The van der Waals surface area contributed by atoms with Crippen LogP contribution in [-0.4, -0.2) is 50.0 Å². The number of aliphatic hydroxyl groups is 2. The van der Waals surface area contributed by atoms with Crippen molar-refractivity contribution in [2.75, 3.05) is 0 Å². The quantitative estimate of drug-likeness (QED) is 0.314. The monoisotopic (exact) mass is 185 g/mol. The lowest BCUT2D eigenvalue weighted by molar-refractivity contribution is -0.165.